The van der Waals surface area contributed by atoms with Crippen LogP contribution in [0.15, 0.2) is 91.2 Å². The number of H-pyrrole nitrogens is 2. The number of rotatable bonds is 8. The molecule has 0 atom stereocenters. The molecule has 0 fully saturated rings. The van der Waals surface area contributed by atoms with Crippen LogP contribution in [0.2, 0.25) is 0 Å². The average molecular weight is 941 g/mol. The number of nitrogens with zero attached hydrogens (tertiary/aromatic N) is 4. The van der Waals surface area contributed by atoms with Crippen molar-refractivity contribution in [2.75, 3.05) is 45.6 Å². The van der Waals surface area contributed by atoms with Crippen LogP contribution in [0.4, 0.5) is 29.7 Å². The number of anilines is 2. The predicted molar refractivity (Wildman–Crippen MR) is 251 cm³/mol. The summed E-state index contributed by atoms with van der Waals surface area (Å²) >= 11 is 0. The lowest BCUT2D eigenvalue weighted by Crippen LogP contribution is -2.24. The molecule has 6 heterocycles. The molecule has 0 radical (unpaired) electrons. The Morgan fingerprint density at radius 3 is 1.72 bits per heavy atom. The molecule has 0 spiro atoms. The number of ether oxygens (including phenoxy) is 4. The van der Waals surface area contributed by atoms with Crippen molar-refractivity contribution in [1.29, 1.82) is 0 Å². The van der Waals surface area contributed by atoms with Gasteiger partial charge in [0.2, 0.25) is 11.6 Å². The Bertz CT molecular complexity index is 3390. The molecule has 0 aliphatic carbocycles. The molecule has 0 bridgehead atoms. The second-order valence-electron chi connectivity index (χ2n) is 15.3. The standard InChI is InChI=1S/C24H20FN5O4.C14H12FN3O2.C10H10N2O3/c1-26-24(32)28-13-4-5-19-17(6-13)23(31)20(34-19)9-16-15-7-14(33-3)8-18(25)22(15)29-21(16)12-10-27-30(2)11-12;1-18-6-8(5-16-18)13-11(7-19)10-3-9(20-2)4-12(15)14(10)17-13;1-11-10(14)12-6-2-3-9-7(4-6)8(13)5-15-9/h4-11,29H,1-3H3,(H2,26,28,32);3-7,17H,1-2H3;2-4H,5H2,1H3,(H2,11,12,14)/b20-9-;;. The number of aldehydes is 1. The lowest BCUT2D eigenvalue weighted by molar-refractivity contribution is 0.0960. The van der Waals surface area contributed by atoms with Crippen LogP contribution in [0.5, 0.6) is 23.0 Å². The number of carbonyl (C=O) groups excluding carboxylic acids is 5. The Hall–Kier alpha value is -9.27. The van der Waals surface area contributed by atoms with Crippen LogP contribution in [0, 0.1) is 11.6 Å². The van der Waals surface area contributed by atoms with E-state index in [0.29, 0.717) is 90.6 Å². The minimum atomic E-state index is -0.490. The zero-order valence-electron chi connectivity index (χ0n) is 37.7. The topological polar surface area (TPSA) is 238 Å². The van der Waals surface area contributed by atoms with Gasteiger partial charge in [0.25, 0.3) is 0 Å². The van der Waals surface area contributed by atoms with Gasteiger partial charge in [0.15, 0.2) is 30.3 Å². The maximum Gasteiger partial charge on any atom is 0.318 e. The normalized spacial score (nSPS) is 12.8. The van der Waals surface area contributed by atoms with Gasteiger partial charge in [-0.3, -0.25) is 23.7 Å². The van der Waals surface area contributed by atoms with E-state index in [-0.39, 0.29) is 41.0 Å². The van der Waals surface area contributed by atoms with Crippen molar-refractivity contribution >= 4 is 69.2 Å². The highest BCUT2D eigenvalue weighted by molar-refractivity contribution is 6.16. The van der Waals surface area contributed by atoms with Gasteiger partial charge in [-0.25, -0.2) is 18.4 Å². The summed E-state index contributed by atoms with van der Waals surface area (Å²) < 4.78 is 53.4. The van der Waals surface area contributed by atoms with E-state index < -0.39 is 17.7 Å². The first-order valence-electron chi connectivity index (χ1n) is 20.8. The average Bonchev–Trinajstić information content (AvgIpc) is 4.22. The lowest BCUT2D eigenvalue weighted by Gasteiger charge is -2.05. The smallest absolute Gasteiger partial charge is 0.318 e. The lowest BCUT2D eigenvalue weighted by atomic mass is 10.0. The van der Waals surface area contributed by atoms with Gasteiger partial charge >= 0.3 is 12.1 Å². The summed E-state index contributed by atoms with van der Waals surface area (Å²) in [6.07, 6.45) is 9.09. The highest BCUT2D eigenvalue weighted by Crippen LogP contribution is 2.39. The van der Waals surface area contributed by atoms with E-state index in [1.54, 1.807) is 103 Å². The number of carbonyl (C=O) groups is 5. The Balaban J connectivity index is 0.000000155. The molecule has 69 heavy (non-hydrogen) atoms. The van der Waals surface area contributed by atoms with E-state index in [9.17, 15) is 32.8 Å². The maximum absolute atomic E-state index is 14.8. The summed E-state index contributed by atoms with van der Waals surface area (Å²) in [6, 6.07) is 14.9. The number of Topliss-reactive ketones (excluding diaryl/α,β-unsaturated/α-hetero) is 2. The molecule has 4 amide bonds. The number of benzene rings is 4. The third-order valence-electron chi connectivity index (χ3n) is 10.9. The van der Waals surface area contributed by atoms with E-state index in [2.05, 4.69) is 41.4 Å². The van der Waals surface area contributed by atoms with Crippen molar-refractivity contribution in [3.05, 3.63) is 125 Å². The molecule has 2 aliphatic rings. The van der Waals surface area contributed by atoms with Crippen LogP contribution in [0.3, 0.4) is 0 Å². The van der Waals surface area contributed by atoms with Crippen molar-refractivity contribution in [3.63, 3.8) is 0 Å². The monoisotopic (exact) mass is 940 g/mol. The number of fused-ring (bicyclic) bond motifs is 4. The van der Waals surface area contributed by atoms with Crippen LogP contribution in [0.1, 0.15) is 36.6 Å². The molecular weight excluding hydrogens is 899 g/mol. The summed E-state index contributed by atoms with van der Waals surface area (Å²) in [5, 5.41) is 19.4. The Labute approximate surface area is 390 Å². The van der Waals surface area contributed by atoms with E-state index in [4.69, 9.17) is 18.9 Å². The number of hydrogen-bond donors (Lipinski definition) is 6. The first-order valence-corrected chi connectivity index (χ1v) is 20.8. The molecule has 0 saturated heterocycles. The third kappa shape index (κ3) is 9.41. The second-order valence-corrected chi connectivity index (χ2v) is 15.3. The number of hydrogen-bond acceptors (Lipinski definition) is 11. The van der Waals surface area contributed by atoms with Crippen molar-refractivity contribution in [2.24, 2.45) is 14.1 Å². The first kappa shape index (κ1) is 46.3. The zero-order chi connectivity index (χ0) is 49.1. The van der Waals surface area contributed by atoms with Crippen molar-refractivity contribution < 1.29 is 51.7 Å². The zero-order valence-corrected chi connectivity index (χ0v) is 37.7. The Morgan fingerprint density at radius 2 is 1.23 bits per heavy atom. The number of allylic oxidation sites excluding steroid dienone is 1. The van der Waals surface area contributed by atoms with Gasteiger partial charge in [-0.2, -0.15) is 10.2 Å². The number of nitrogens with one attached hydrogen (secondary N) is 6. The van der Waals surface area contributed by atoms with Crippen LogP contribution < -0.4 is 40.2 Å². The molecule has 8 aromatic rings. The van der Waals surface area contributed by atoms with Gasteiger partial charge in [0, 0.05) is 97.1 Å². The molecule has 352 valence electrons. The fourth-order valence-electron chi connectivity index (χ4n) is 7.52. The minimum Gasteiger partial charge on any atom is -0.497 e. The molecule has 10 rings (SSSR count). The highest BCUT2D eigenvalue weighted by atomic mass is 19.1. The van der Waals surface area contributed by atoms with Gasteiger partial charge in [-0.1, -0.05) is 0 Å². The molecular formula is C48H42F2N10O9. The molecule has 19 nitrogen and oxygen atoms in total. The van der Waals surface area contributed by atoms with Gasteiger partial charge < -0.3 is 50.2 Å². The summed E-state index contributed by atoms with van der Waals surface area (Å²) in [5.41, 5.74) is 5.93. The SMILES string of the molecule is CNC(=O)Nc1ccc2c(c1)C(=O)/C(=C/c1c(-c3cnn(C)c3)[nH]c3c(F)cc(OC)cc13)O2.CNC(=O)Nc1ccc2c(c1)C(=O)CO2.COc1cc(F)c2[nH]c(-c3cnn(C)c3)c(C=O)c2c1. The Kier molecular flexibility index (Phi) is 12.9. The van der Waals surface area contributed by atoms with E-state index in [1.807, 2.05) is 0 Å². The van der Waals surface area contributed by atoms with Crippen molar-refractivity contribution in [2.45, 2.75) is 0 Å². The molecule has 4 aromatic carbocycles. The van der Waals surface area contributed by atoms with E-state index in [0.717, 1.165) is 5.56 Å². The summed E-state index contributed by atoms with van der Waals surface area (Å²) in [5.74, 6) is 0.349. The fourth-order valence-corrected chi connectivity index (χ4v) is 7.52. The molecule has 6 N–H and O–H groups in total. The second kappa shape index (κ2) is 19.3. The first-order chi connectivity index (χ1) is 33.2. The number of ketones is 2. The molecule has 4 aromatic heterocycles. The van der Waals surface area contributed by atoms with Crippen molar-refractivity contribution in [1.82, 2.24) is 40.2 Å². The molecule has 0 saturated carbocycles. The van der Waals surface area contributed by atoms with E-state index in [1.165, 1.54) is 40.4 Å². The predicted octanol–water partition coefficient (Wildman–Crippen LogP) is 7.63. The van der Waals surface area contributed by atoms with Gasteiger partial charge in [0.05, 0.1) is 60.2 Å². The van der Waals surface area contributed by atoms with Crippen molar-refractivity contribution in [3.8, 4) is 45.5 Å². The summed E-state index contributed by atoms with van der Waals surface area (Å²) in [7, 11) is 9.48. The van der Waals surface area contributed by atoms with Gasteiger partial charge in [-0.05, 0) is 54.6 Å². The maximum atomic E-state index is 14.8. The van der Waals surface area contributed by atoms with Crippen LogP contribution in [0.25, 0.3) is 50.4 Å². The van der Waals surface area contributed by atoms with Crippen LogP contribution in [-0.4, -0.2) is 94.4 Å². The minimum absolute atomic E-state index is 0.0643. The number of amides is 4. The number of halogens is 2. The number of aromatic nitrogens is 6. The largest absolute Gasteiger partial charge is 0.497 e. The summed E-state index contributed by atoms with van der Waals surface area (Å²) in [4.78, 5) is 64.6. The number of aryl methyl sites for hydroxylation is 2. The third-order valence-corrected chi connectivity index (χ3v) is 10.9. The summed E-state index contributed by atoms with van der Waals surface area (Å²) in [6.45, 7) is 0.0821. The van der Waals surface area contributed by atoms with Crippen LogP contribution in [-0.2, 0) is 14.1 Å². The van der Waals surface area contributed by atoms with E-state index >= 15 is 0 Å². The number of aromatic amines is 2. The van der Waals surface area contributed by atoms with Crippen LogP contribution >= 0.6 is 0 Å². The van der Waals surface area contributed by atoms with Gasteiger partial charge in [-0.15, -0.1) is 0 Å². The highest BCUT2D eigenvalue weighted by Gasteiger charge is 2.30. The Morgan fingerprint density at radius 1 is 0.725 bits per heavy atom. The quantitative estimate of drug-likeness (QED) is 0.0640. The fraction of sp³-hybridized carbons (Fsp3) is 0.146. The number of urea groups is 2. The molecule has 0 unspecified atom stereocenters. The molecule has 21 heteroatoms. The van der Waals surface area contributed by atoms with Gasteiger partial charge in [0.1, 0.15) is 23.0 Å². The molecule has 2 aliphatic heterocycles. The number of methoxy groups -OCH3 is 2.